The second-order valence-corrected chi connectivity index (χ2v) is 13.1. The quantitative estimate of drug-likeness (QED) is 0.124. The molecule has 3 atom stereocenters. The van der Waals surface area contributed by atoms with Crippen LogP contribution in [0.15, 0.2) is 24.8 Å². The third-order valence-electron chi connectivity index (χ3n) is 9.97. The van der Waals surface area contributed by atoms with Gasteiger partial charge in [-0.05, 0) is 74.1 Å². The summed E-state index contributed by atoms with van der Waals surface area (Å²) in [5.74, 6) is -7.21. The van der Waals surface area contributed by atoms with Crippen LogP contribution in [0.5, 0.6) is 0 Å². The Kier molecular flexibility index (Phi) is 10.5. The first-order valence-electron chi connectivity index (χ1n) is 16.8. The molecule has 2 aliphatic heterocycles. The summed E-state index contributed by atoms with van der Waals surface area (Å²) in [6.45, 7) is 13.5. The molecule has 7 N–H and O–H groups in total. The lowest BCUT2D eigenvalue weighted by Gasteiger charge is -2.19. The molecule has 272 valence electrons. The fourth-order valence-corrected chi connectivity index (χ4v) is 7.17. The van der Waals surface area contributed by atoms with E-state index in [4.69, 9.17) is 15.1 Å². The highest BCUT2D eigenvalue weighted by atomic mass is 16.4. The maximum absolute atomic E-state index is 13.0. The summed E-state index contributed by atoms with van der Waals surface area (Å²) in [6.07, 6.45) is 0.787. The van der Waals surface area contributed by atoms with Crippen molar-refractivity contribution < 1.29 is 44.4 Å². The Morgan fingerprint density at radius 1 is 0.904 bits per heavy atom. The predicted molar refractivity (Wildman–Crippen MR) is 194 cm³/mol. The number of aromatic nitrogens is 4. The number of allylic oxidation sites excluding steroid dienone is 1. The first kappa shape index (κ1) is 37.2. The molecule has 0 spiro atoms. The number of amides is 1. The molecule has 14 nitrogen and oxygen atoms in total. The average Bonchev–Trinajstić information content (AvgIpc) is 3.74. The fraction of sp³-hybridized carbons (Fsp3) is 0.342. The van der Waals surface area contributed by atoms with E-state index in [9.17, 15) is 39.3 Å². The van der Waals surface area contributed by atoms with Gasteiger partial charge in [0.15, 0.2) is 0 Å². The zero-order chi connectivity index (χ0) is 38.2. The minimum atomic E-state index is -1.65. The number of hydrogen-bond donors (Lipinski definition) is 7. The van der Waals surface area contributed by atoms with Crippen molar-refractivity contribution in [1.29, 1.82) is 0 Å². The molecule has 0 aliphatic carbocycles. The van der Waals surface area contributed by atoms with Crippen molar-refractivity contribution in [2.45, 2.75) is 84.6 Å². The second-order valence-electron chi connectivity index (χ2n) is 13.1. The lowest BCUT2D eigenvalue weighted by Crippen LogP contribution is -2.42. The smallest absolute Gasteiger partial charge is 0.338 e. The van der Waals surface area contributed by atoms with Crippen molar-refractivity contribution in [3.05, 3.63) is 75.4 Å². The highest BCUT2D eigenvalue weighted by molar-refractivity contribution is 6.24. The Labute approximate surface area is 298 Å². The first-order valence-corrected chi connectivity index (χ1v) is 16.8. The third kappa shape index (κ3) is 7.09. The van der Waals surface area contributed by atoms with Gasteiger partial charge in [0.2, 0.25) is 5.91 Å². The Balaban J connectivity index is 1.84. The van der Waals surface area contributed by atoms with E-state index in [2.05, 4.69) is 21.9 Å². The van der Waals surface area contributed by atoms with E-state index in [1.54, 1.807) is 19.1 Å². The lowest BCUT2D eigenvalue weighted by atomic mass is 9.84. The van der Waals surface area contributed by atoms with Gasteiger partial charge in [-0.2, -0.15) is 0 Å². The molecule has 14 heteroatoms. The number of H-pyrrole nitrogens is 2. The Morgan fingerprint density at radius 2 is 1.58 bits per heavy atom. The van der Waals surface area contributed by atoms with Crippen molar-refractivity contribution in [1.82, 2.24) is 25.3 Å². The SMILES string of the molecule is C=Cc1c(C)c2cc3nc(c(CC(=O)O)c4nc(cc5[nH]c(cc1[nH]2)c(C)c5CC)C(C)=C4C(=O)O)[C@H](CCC(=O)NC(CC(=O)O)C(=O)O)C3C. The summed E-state index contributed by atoms with van der Waals surface area (Å²) >= 11 is 0. The van der Waals surface area contributed by atoms with Crippen LogP contribution in [0.2, 0.25) is 0 Å². The Bertz CT molecular complexity index is 2240. The van der Waals surface area contributed by atoms with Crippen LogP contribution >= 0.6 is 0 Å². The van der Waals surface area contributed by atoms with Crippen molar-refractivity contribution in [2.24, 2.45) is 0 Å². The molecule has 0 fully saturated rings. The first-order chi connectivity index (χ1) is 24.6. The summed E-state index contributed by atoms with van der Waals surface area (Å²) in [4.78, 5) is 77.8. The number of aliphatic carboxylic acids is 4. The van der Waals surface area contributed by atoms with E-state index >= 15 is 0 Å². The van der Waals surface area contributed by atoms with Gasteiger partial charge in [0.25, 0.3) is 0 Å². The maximum atomic E-state index is 13.0. The van der Waals surface area contributed by atoms with E-state index in [0.717, 1.165) is 44.3 Å². The van der Waals surface area contributed by atoms with Gasteiger partial charge in [0.05, 0.1) is 35.5 Å². The van der Waals surface area contributed by atoms with Crippen LogP contribution in [0.25, 0.3) is 39.3 Å². The minimum Gasteiger partial charge on any atom is -0.481 e. The molecule has 52 heavy (non-hydrogen) atoms. The van der Waals surface area contributed by atoms with Gasteiger partial charge < -0.3 is 35.7 Å². The molecule has 2 unspecified atom stereocenters. The number of carbonyl (C=O) groups excluding carboxylic acids is 1. The summed E-state index contributed by atoms with van der Waals surface area (Å²) in [5, 5.41) is 41.4. The number of nitrogens with zero attached hydrogens (tertiary/aromatic N) is 2. The summed E-state index contributed by atoms with van der Waals surface area (Å²) in [5.41, 5.74) is 8.17. The molecule has 1 amide bonds. The summed E-state index contributed by atoms with van der Waals surface area (Å²) < 4.78 is 0. The molecule has 5 rings (SSSR count). The van der Waals surface area contributed by atoms with Crippen LogP contribution in [0.3, 0.4) is 0 Å². The number of carbonyl (C=O) groups is 5. The number of aromatic amines is 2. The van der Waals surface area contributed by atoms with Gasteiger partial charge in [-0.3, -0.25) is 19.4 Å². The van der Waals surface area contributed by atoms with Crippen molar-refractivity contribution >= 4 is 69.1 Å². The third-order valence-corrected chi connectivity index (χ3v) is 9.97. The molecule has 0 saturated heterocycles. The van der Waals surface area contributed by atoms with Gasteiger partial charge >= 0.3 is 23.9 Å². The van der Waals surface area contributed by atoms with Crippen LogP contribution in [0.4, 0.5) is 0 Å². The molecule has 3 aromatic rings. The summed E-state index contributed by atoms with van der Waals surface area (Å²) in [7, 11) is 0. The number of rotatable bonds is 12. The molecular formula is C38H41N5O9. The minimum absolute atomic E-state index is 0.0415. The number of fused-ring (bicyclic) bond motifs is 8. The van der Waals surface area contributed by atoms with E-state index in [1.165, 1.54) is 0 Å². The van der Waals surface area contributed by atoms with Gasteiger partial charge in [-0.15, -0.1) is 0 Å². The van der Waals surface area contributed by atoms with Crippen molar-refractivity contribution in [3.8, 4) is 0 Å². The van der Waals surface area contributed by atoms with Gasteiger partial charge in [0.1, 0.15) is 6.04 Å². The molecule has 2 aliphatic rings. The number of nitrogens with one attached hydrogen (secondary N) is 3. The maximum Gasteiger partial charge on any atom is 0.338 e. The van der Waals surface area contributed by atoms with E-state index < -0.39 is 60.5 Å². The molecule has 8 bridgehead atoms. The standard InChI is InChI=1S/C38H41N5O9/c1-7-20-16(3)24-12-26-18(5)22(9-10-31(44)41-30(37(49)50)15-33(47)48)35(42-26)23(11-32(45)46)36-34(38(51)52)19(6)27(43-36)14-29-21(8-2)17(4)25(40-29)13-28(20)39-24/h7,12-14,18,22,30,39-40H,1,8-11,15H2,2-6H3,(H,41,44)(H,45,46)(H,47,48)(H,49,50)(H,51,52)/t18?,22-,30?/m1/s1. The zero-order valence-corrected chi connectivity index (χ0v) is 29.5. The second kappa shape index (κ2) is 14.7. The number of hydrogen-bond acceptors (Lipinski definition) is 7. The molecule has 5 heterocycles. The average molecular weight is 712 g/mol. The molecular weight excluding hydrogens is 670 g/mol. The van der Waals surface area contributed by atoms with E-state index in [1.807, 2.05) is 39.8 Å². The van der Waals surface area contributed by atoms with Crippen LogP contribution in [-0.2, 0) is 36.8 Å². The number of carboxylic acids is 4. The van der Waals surface area contributed by atoms with Crippen LogP contribution in [-0.4, -0.2) is 76.2 Å². The molecule has 3 aromatic heterocycles. The zero-order valence-electron chi connectivity index (χ0n) is 29.5. The van der Waals surface area contributed by atoms with Crippen LogP contribution in [0.1, 0.15) is 102 Å². The predicted octanol–water partition coefficient (Wildman–Crippen LogP) is 5.49. The van der Waals surface area contributed by atoms with Crippen LogP contribution in [0, 0.1) is 13.8 Å². The molecule has 0 saturated carbocycles. The van der Waals surface area contributed by atoms with Gasteiger partial charge in [-0.25, -0.2) is 14.6 Å². The largest absolute Gasteiger partial charge is 0.481 e. The number of aryl methyl sites for hydroxylation is 3. The monoisotopic (exact) mass is 711 g/mol. The molecule has 0 radical (unpaired) electrons. The topological polar surface area (TPSA) is 236 Å². The highest BCUT2D eigenvalue weighted by Crippen LogP contribution is 2.43. The highest BCUT2D eigenvalue weighted by Gasteiger charge is 2.36. The lowest BCUT2D eigenvalue weighted by molar-refractivity contribution is -0.147. The van der Waals surface area contributed by atoms with E-state index in [-0.39, 0.29) is 35.4 Å². The molecule has 0 aromatic carbocycles. The van der Waals surface area contributed by atoms with E-state index in [0.29, 0.717) is 23.4 Å². The van der Waals surface area contributed by atoms with Crippen LogP contribution < -0.4 is 5.32 Å². The Morgan fingerprint density at radius 3 is 2.17 bits per heavy atom. The normalized spacial score (nSPS) is 16.0. The van der Waals surface area contributed by atoms with Gasteiger partial charge in [0, 0.05) is 57.1 Å². The van der Waals surface area contributed by atoms with Crippen molar-refractivity contribution in [2.75, 3.05) is 0 Å². The van der Waals surface area contributed by atoms with Crippen molar-refractivity contribution in [3.63, 3.8) is 0 Å². The Hall–Kier alpha value is -6.05. The number of carboxylic acid groups (broad SMARTS) is 4. The summed E-state index contributed by atoms with van der Waals surface area (Å²) in [6, 6.07) is 3.95. The van der Waals surface area contributed by atoms with Gasteiger partial charge in [-0.1, -0.05) is 26.5 Å². The fourth-order valence-electron chi connectivity index (χ4n) is 7.17.